The Morgan fingerprint density at radius 2 is 1.89 bits per heavy atom. The van der Waals surface area contributed by atoms with Gasteiger partial charge in [0, 0.05) is 0 Å². The van der Waals surface area contributed by atoms with Gasteiger partial charge in [0.25, 0.3) is 0 Å². The molecule has 3 N–H and O–H groups in total. The predicted octanol–water partition coefficient (Wildman–Crippen LogP) is 0.247. The zero-order valence-corrected chi connectivity index (χ0v) is 11.8. The van der Waals surface area contributed by atoms with E-state index >= 15 is 0 Å². The molecule has 0 aliphatic heterocycles. The minimum atomic E-state index is -3.99. The lowest BCUT2D eigenvalue weighted by atomic mass is 10.3. The van der Waals surface area contributed by atoms with Crippen LogP contribution >= 0.6 is 0 Å². The van der Waals surface area contributed by atoms with Crippen molar-refractivity contribution >= 4 is 25.7 Å². The molecule has 1 fully saturated rings. The van der Waals surface area contributed by atoms with Crippen LogP contribution in [0.5, 0.6) is 5.75 Å². The summed E-state index contributed by atoms with van der Waals surface area (Å²) in [4.78, 5) is -0.258. The van der Waals surface area contributed by atoms with E-state index in [1.165, 1.54) is 19.2 Å². The monoisotopic (exact) mass is 306 g/mol. The number of anilines is 1. The first kappa shape index (κ1) is 14.1. The second-order valence-electron chi connectivity index (χ2n) is 4.26. The van der Waals surface area contributed by atoms with Crippen LogP contribution in [-0.2, 0) is 20.0 Å². The second-order valence-corrected chi connectivity index (χ2v) is 7.75. The van der Waals surface area contributed by atoms with Gasteiger partial charge in [-0.2, -0.15) is 0 Å². The Kier molecular flexibility index (Phi) is 3.45. The first-order valence-electron chi connectivity index (χ1n) is 5.46. The summed E-state index contributed by atoms with van der Waals surface area (Å²) in [6, 6.07) is 3.92. The van der Waals surface area contributed by atoms with E-state index in [0.29, 0.717) is 12.8 Å². The number of primary sulfonamides is 1. The minimum absolute atomic E-state index is 0.0665. The number of benzene rings is 1. The van der Waals surface area contributed by atoms with Crippen molar-refractivity contribution in [2.24, 2.45) is 5.14 Å². The van der Waals surface area contributed by atoms with Crippen molar-refractivity contribution in [3.05, 3.63) is 18.2 Å². The topological polar surface area (TPSA) is 116 Å². The van der Waals surface area contributed by atoms with E-state index in [1.54, 1.807) is 0 Å². The molecular formula is C10H14N2O5S2. The first-order valence-corrected chi connectivity index (χ1v) is 8.56. The van der Waals surface area contributed by atoms with Gasteiger partial charge in [-0.15, -0.1) is 0 Å². The predicted molar refractivity (Wildman–Crippen MR) is 69.9 cm³/mol. The maximum absolute atomic E-state index is 11.8. The Hall–Kier alpha value is -1.32. The highest BCUT2D eigenvalue weighted by atomic mass is 32.2. The molecule has 1 aliphatic carbocycles. The van der Waals surface area contributed by atoms with Gasteiger partial charge in [-0.05, 0) is 31.0 Å². The Bertz CT molecular complexity index is 693. The van der Waals surface area contributed by atoms with Gasteiger partial charge in [-0.1, -0.05) is 0 Å². The number of rotatable bonds is 5. The van der Waals surface area contributed by atoms with Crippen LogP contribution in [0.1, 0.15) is 12.8 Å². The zero-order valence-electron chi connectivity index (χ0n) is 10.2. The molecule has 1 aromatic rings. The minimum Gasteiger partial charge on any atom is -0.495 e. The molecule has 0 atom stereocenters. The van der Waals surface area contributed by atoms with Gasteiger partial charge in [0.1, 0.15) is 10.6 Å². The fourth-order valence-corrected chi connectivity index (χ4v) is 3.69. The molecule has 1 aromatic carbocycles. The van der Waals surface area contributed by atoms with Gasteiger partial charge in [-0.3, -0.25) is 4.72 Å². The van der Waals surface area contributed by atoms with Gasteiger partial charge in [0.05, 0.1) is 18.0 Å². The van der Waals surface area contributed by atoms with Crippen LogP contribution in [0.3, 0.4) is 0 Å². The fourth-order valence-electron chi connectivity index (χ4n) is 1.59. The van der Waals surface area contributed by atoms with E-state index in [2.05, 4.69) is 4.72 Å². The molecule has 0 saturated heterocycles. The van der Waals surface area contributed by atoms with Gasteiger partial charge in [0.2, 0.25) is 20.0 Å². The van der Waals surface area contributed by atoms with Crippen molar-refractivity contribution in [1.82, 2.24) is 0 Å². The molecule has 1 aliphatic rings. The van der Waals surface area contributed by atoms with Crippen LogP contribution in [0, 0.1) is 0 Å². The van der Waals surface area contributed by atoms with Crippen molar-refractivity contribution in [3.8, 4) is 5.75 Å². The number of hydrogen-bond acceptors (Lipinski definition) is 5. The molecule has 0 bridgehead atoms. The molecule has 1 saturated carbocycles. The lowest BCUT2D eigenvalue weighted by Gasteiger charge is -2.11. The van der Waals surface area contributed by atoms with Crippen molar-refractivity contribution in [1.29, 1.82) is 0 Å². The summed E-state index contributed by atoms with van der Waals surface area (Å²) < 4.78 is 53.5. The maximum atomic E-state index is 11.8. The van der Waals surface area contributed by atoms with Gasteiger partial charge in [-0.25, -0.2) is 22.0 Å². The third-order valence-corrected chi connectivity index (χ3v) is 5.49. The Labute approximate surface area is 111 Å². The van der Waals surface area contributed by atoms with E-state index < -0.39 is 25.3 Å². The van der Waals surface area contributed by atoms with E-state index in [4.69, 9.17) is 9.88 Å². The lowest BCUT2D eigenvalue weighted by Crippen LogP contribution is -2.18. The SMILES string of the molecule is COc1ccc(NS(=O)(=O)C2CC2)cc1S(N)(=O)=O. The molecule has 7 nitrogen and oxygen atoms in total. The highest BCUT2D eigenvalue weighted by molar-refractivity contribution is 7.93. The standard InChI is InChI=1S/C10H14N2O5S2/c1-17-9-5-2-7(6-10(9)18(11,13)14)12-19(15,16)8-3-4-8/h2,5-6,8,12H,3-4H2,1H3,(H2,11,13,14). The smallest absolute Gasteiger partial charge is 0.241 e. The summed E-state index contributed by atoms with van der Waals surface area (Å²) in [5, 5.41) is 4.66. The molecule has 106 valence electrons. The number of hydrogen-bond donors (Lipinski definition) is 2. The van der Waals surface area contributed by atoms with Crippen LogP contribution in [0.25, 0.3) is 0 Å². The Morgan fingerprint density at radius 1 is 1.26 bits per heavy atom. The summed E-state index contributed by atoms with van der Waals surface area (Å²) in [5.41, 5.74) is 0.150. The van der Waals surface area contributed by atoms with Crippen LogP contribution in [0.2, 0.25) is 0 Å². The number of ether oxygens (including phenoxy) is 1. The largest absolute Gasteiger partial charge is 0.495 e. The summed E-state index contributed by atoms with van der Waals surface area (Å²) >= 11 is 0. The molecule has 19 heavy (non-hydrogen) atoms. The van der Waals surface area contributed by atoms with Crippen molar-refractivity contribution in [2.75, 3.05) is 11.8 Å². The fraction of sp³-hybridized carbons (Fsp3) is 0.400. The van der Waals surface area contributed by atoms with Gasteiger partial charge < -0.3 is 4.74 Å². The van der Waals surface area contributed by atoms with Gasteiger partial charge >= 0.3 is 0 Å². The Morgan fingerprint density at radius 3 is 2.37 bits per heavy atom. The third-order valence-electron chi connectivity index (χ3n) is 2.69. The third kappa shape index (κ3) is 3.17. The molecule has 9 heteroatoms. The average Bonchev–Trinajstić information content (AvgIpc) is 3.11. The van der Waals surface area contributed by atoms with E-state index in [0.717, 1.165) is 6.07 Å². The number of sulfonamides is 2. The van der Waals surface area contributed by atoms with E-state index in [9.17, 15) is 16.8 Å². The quantitative estimate of drug-likeness (QED) is 0.809. The maximum Gasteiger partial charge on any atom is 0.241 e. The molecule has 0 amide bonds. The summed E-state index contributed by atoms with van der Waals surface area (Å²) in [6.07, 6.45) is 1.24. The summed E-state index contributed by atoms with van der Waals surface area (Å²) in [7, 11) is -6.13. The zero-order chi connectivity index (χ0) is 14.3. The van der Waals surface area contributed by atoms with Crippen molar-refractivity contribution in [2.45, 2.75) is 23.0 Å². The summed E-state index contributed by atoms with van der Waals surface area (Å²) in [6.45, 7) is 0. The highest BCUT2D eigenvalue weighted by Crippen LogP contribution is 2.31. The molecule has 0 aromatic heterocycles. The molecule has 2 rings (SSSR count). The van der Waals surface area contributed by atoms with Crippen LogP contribution in [0.15, 0.2) is 23.1 Å². The molecule has 0 heterocycles. The van der Waals surface area contributed by atoms with Crippen LogP contribution in [-0.4, -0.2) is 29.2 Å². The van der Waals surface area contributed by atoms with Crippen LogP contribution in [0.4, 0.5) is 5.69 Å². The molecular weight excluding hydrogens is 292 g/mol. The summed E-state index contributed by atoms with van der Waals surface area (Å²) in [5.74, 6) is 0.0665. The number of nitrogens with two attached hydrogens (primary N) is 1. The second kappa shape index (κ2) is 4.66. The molecule has 0 radical (unpaired) electrons. The van der Waals surface area contributed by atoms with Crippen LogP contribution < -0.4 is 14.6 Å². The van der Waals surface area contributed by atoms with E-state index in [1.807, 2.05) is 0 Å². The lowest BCUT2D eigenvalue weighted by molar-refractivity contribution is 0.403. The van der Waals surface area contributed by atoms with Crippen molar-refractivity contribution in [3.63, 3.8) is 0 Å². The molecule has 0 unspecified atom stereocenters. The first-order chi connectivity index (χ1) is 8.74. The average molecular weight is 306 g/mol. The number of methoxy groups -OCH3 is 1. The number of nitrogens with one attached hydrogen (secondary N) is 1. The van der Waals surface area contributed by atoms with E-state index in [-0.39, 0.29) is 16.3 Å². The highest BCUT2D eigenvalue weighted by Gasteiger charge is 2.35. The Balaban J connectivity index is 2.38. The van der Waals surface area contributed by atoms with Crippen molar-refractivity contribution < 1.29 is 21.6 Å². The van der Waals surface area contributed by atoms with Gasteiger partial charge in [0.15, 0.2) is 0 Å². The molecule has 0 spiro atoms. The normalized spacial score (nSPS) is 16.1.